The van der Waals surface area contributed by atoms with Crippen LogP contribution in [0.4, 0.5) is 0 Å². The van der Waals surface area contributed by atoms with E-state index in [2.05, 4.69) is 20.2 Å². The quantitative estimate of drug-likeness (QED) is 0.619. The summed E-state index contributed by atoms with van der Waals surface area (Å²) in [4.78, 5) is 22.9. The lowest BCUT2D eigenvalue weighted by Crippen LogP contribution is -2.45. The number of amides is 1. The van der Waals surface area contributed by atoms with Gasteiger partial charge < -0.3 is 20.5 Å². The molecule has 3 rings (SSSR count). The third kappa shape index (κ3) is 5.73. The molecule has 3 N–H and O–H groups in total. The molecule has 2 fully saturated rings. The number of nitrogens with one attached hydrogen (secondary N) is 1. The van der Waals surface area contributed by atoms with Crippen molar-refractivity contribution in [1.29, 1.82) is 0 Å². The van der Waals surface area contributed by atoms with Crippen LogP contribution >= 0.6 is 24.2 Å². The van der Waals surface area contributed by atoms with Crippen LogP contribution in [0.5, 0.6) is 0 Å². The van der Waals surface area contributed by atoms with Crippen LogP contribution in [0.2, 0.25) is 0 Å². The fraction of sp³-hybridized carbons (Fsp3) is 0.824. The molecule has 2 aliphatic heterocycles. The number of halogens is 1. The monoisotopic (exact) mass is 420 g/mol. The van der Waals surface area contributed by atoms with E-state index < -0.39 is 5.91 Å². The summed E-state index contributed by atoms with van der Waals surface area (Å²) < 4.78 is 10.3. The molecule has 1 amide bonds. The lowest BCUT2D eigenvalue weighted by Gasteiger charge is -2.39. The van der Waals surface area contributed by atoms with Crippen LogP contribution < -0.4 is 11.1 Å². The molecule has 0 spiro atoms. The van der Waals surface area contributed by atoms with Crippen molar-refractivity contribution >= 4 is 41.1 Å². The fourth-order valence-electron chi connectivity index (χ4n) is 3.91. The number of esters is 1. The number of ether oxygens (including phenoxy) is 2. The topological polar surface area (TPSA) is 106 Å². The van der Waals surface area contributed by atoms with Gasteiger partial charge in [-0.15, -0.1) is 12.4 Å². The van der Waals surface area contributed by atoms with E-state index in [-0.39, 0.29) is 42.5 Å². The number of nitrogens with zero attached hydrogens (tertiary/aromatic N) is 2. The Morgan fingerprint density at radius 3 is 2.48 bits per heavy atom. The summed E-state index contributed by atoms with van der Waals surface area (Å²) in [6.45, 7) is 2.03. The second-order valence-electron chi connectivity index (χ2n) is 7.06. The Balaban J connectivity index is 0.00000261. The number of methoxy groups -OCH3 is 1. The molecule has 3 aliphatic rings. The standard InChI is InChI=1S/C17H28N4O4S.ClH/c1-24-14(22)10-25-13-4-2-12(3-5-13)21-17(11-6-8-19-9-7-11)26-16(20-21)15(18)23;/h11-13,17,19H,2-10H2,1H3,(H2,18,23);1H/t12-,13-,17?;. The first kappa shape index (κ1) is 22.3. The van der Waals surface area contributed by atoms with Crippen LogP contribution in [0.1, 0.15) is 38.5 Å². The summed E-state index contributed by atoms with van der Waals surface area (Å²) in [5.74, 6) is -0.272. The zero-order valence-corrected chi connectivity index (χ0v) is 17.2. The lowest BCUT2D eigenvalue weighted by molar-refractivity contribution is -0.148. The molecule has 0 aromatic heterocycles. The second-order valence-corrected chi connectivity index (χ2v) is 8.17. The smallest absolute Gasteiger partial charge is 0.331 e. The molecule has 2 heterocycles. The van der Waals surface area contributed by atoms with Gasteiger partial charge >= 0.3 is 5.97 Å². The fourth-order valence-corrected chi connectivity index (χ4v) is 5.19. The molecule has 1 saturated carbocycles. The molecule has 1 aliphatic carbocycles. The molecule has 1 saturated heterocycles. The SMILES string of the molecule is COC(=O)CO[C@H]1CC[C@H](N2N=C(C(N)=O)SC2C2CCNCC2)CC1.Cl. The van der Waals surface area contributed by atoms with E-state index in [9.17, 15) is 9.59 Å². The average Bonchev–Trinajstić information content (AvgIpc) is 3.13. The molecule has 8 nitrogen and oxygen atoms in total. The number of primary amides is 1. The maximum absolute atomic E-state index is 11.7. The minimum absolute atomic E-state index is 0. The highest BCUT2D eigenvalue weighted by molar-refractivity contribution is 8.16. The Kier molecular flexibility index (Phi) is 8.65. The van der Waals surface area contributed by atoms with E-state index in [0.717, 1.165) is 51.6 Å². The van der Waals surface area contributed by atoms with Gasteiger partial charge in [-0.2, -0.15) is 5.10 Å². The van der Waals surface area contributed by atoms with Crippen molar-refractivity contribution in [3.63, 3.8) is 0 Å². The normalized spacial score (nSPS) is 29.0. The molecular weight excluding hydrogens is 392 g/mol. The van der Waals surface area contributed by atoms with Gasteiger partial charge in [0.1, 0.15) is 12.0 Å². The van der Waals surface area contributed by atoms with Gasteiger partial charge in [-0.05, 0) is 57.5 Å². The lowest BCUT2D eigenvalue weighted by atomic mass is 9.91. The van der Waals surface area contributed by atoms with Crippen molar-refractivity contribution in [1.82, 2.24) is 10.3 Å². The van der Waals surface area contributed by atoms with E-state index >= 15 is 0 Å². The minimum atomic E-state index is -0.438. The first-order chi connectivity index (χ1) is 12.6. The summed E-state index contributed by atoms with van der Waals surface area (Å²) in [5, 5.41) is 10.7. The van der Waals surface area contributed by atoms with Crippen molar-refractivity contribution in [3.8, 4) is 0 Å². The Hall–Kier alpha value is -1.03. The molecular formula is C17H29ClN4O4S. The summed E-state index contributed by atoms with van der Waals surface area (Å²) >= 11 is 1.53. The van der Waals surface area contributed by atoms with Crippen LogP contribution in [-0.2, 0) is 19.1 Å². The van der Waals surface area contributed by atoms with Gasteiger partial charge in [-0.25, -0.2) is 4.79 Å². The first-order valence-corrected chi connectivity index (χ1v) is 10.2. The average molecular weight is 421 g/mol. The van der Waals surface area contributed by atoms with Gasteiger partial charge in [0.25, 0.3) is 5.91 Å². The van der Waals surface area contributed by atoms with E-state index in [1.54, 1.807) is 0 Å². The van der Waals surface area contributed by atoms with E-state index in [1.807, 2.05) is 0 Å². The second kappa shape index (κ2) is 10.5. The Labute approximate surface area is 170 Å². The van der Waals surface area contributed by atoms with Crippen LogP contribution in [0.15, 0.2) is 5.10 Å². The Bertz CT molecular complexity index is 551. The zero-order valence-electron chi connectivity index (χ0n) is 15.6. The number of hydrogen-bond acceptors (Lipinski definition) is 8. The van der Waals surface area contributed by atoms with E-state index in [1.165, 1.54) is 18.9 Å². The number of hydrogen-bond donors (Lipinski definition) is 2. The Morgan fingerprint density at radius 2 is 1.89 bits per heavy atom. The summed E-state index contributed by atoms with van der Waals surface area (Å²) in [6.07, 6.45) is 5.89. The number of hydrazone groups is 1. The molecule has 154 valence electrons. The molecule has 1 unspecified atom stereocenters. The van der Waals surface area contributed by atoms with Crippen LogP contribution in [-0.4, -0.2) is 66.3 Å². The highest BCUT2D eigenvalue weighted by Crippen LogP contribution is 2.40. The number of thioether (sulfide) groups is 1. The predicted octanol–water partition coefficient (Wildman–Crippen LogP) is 1.08. The highest BCUT2D eigenvalue weighted by Gasteiger charge is 2.40. The number of carbonyl (C=O) groups is 2. The molecule has 0 aromatic carbocycles. The summed E-state index contributed by atoms with van der Waals surface area (Å²) in [7, 11) is 1.36. The van der Waals surface area contributed by atoms with Gasteiger partial charge in [-0.3, -0.25) is 9.80 Å². The zero-order chi connectivity index (χ0) is 18.5. The third-order valence-electron chi connectivity index (χ3n) is 5.38. The van der Waals surface area contributed by atoms with Crippen molar-refractivity contribution in [2.45, 2.75) is 56.0 Å². The molecule has 0 aromatic rings. The van der Waals surface area contributed by atoms with Crippen LogP contribution in [0.25, 0.3) is 0 Å². The van der Waals surface area contributed by atoms with E-state index in [4.69, 9.17) is 10.5 Å². The minimum Gasteiger partial charge on any atom is -0.467 e. The van der Waals surface area contributed by atoms with Gasteiger partial charge in [0.15, 0.2) is 5.04 Å². The molecule has 27 heavy (non-hydrogen) atoms. The van der Waals surface area contributed by atoms with Gasteiger partial charge in [0.2, 0.25) is 0 Å². The van der Waals surface area contributed by atoms with Crippen molar-refractivity contribution in [3.05, 3.63) is 0 Å². The number of piperidine rings is 1. The van der Waals surface area contributed by atoms with E-state index in [0.29, 0.717) is 11.0 Å². The van der Waals surface area contributed by atoms with Gasteiger partial charge in [-0.1, -0.05) is 11.8 Å². The van der Waals surface area contributed by atoms with Crippen molar-refractivity contribution in [2.75, 3.05) is 26.8 Å². The maximum atomic E-state index is 11.7. The first-order valence-electron chi connectivity index (χ1n) is 9.31. The predicted molar refractivity (Wildman–Crippen MR) is 107 cm³/mol. The van der Waals surface area contributed by atoms with Crippen molar-refractivity contribution < 1.29 is 19.1 Å². The number of nitrogens with two attached hydrogens (primary N) is 1. The summed E-state index contributed by atoms with van der Waals surface area (Å²) in [5.41, 5.74) is 5.49. The third-order valence-corrected chi connectivity index (χ3v) is 6.73. The Morgan fingerprint density at radius 1 is 1.22 bits per heavy atom. The van der Waals surface area contributed by atoms with Gasteiger partial charge in [0, 0.05) is 6.04 Å². The van der Waals surface area contributed by atoms with Crippen LogP contribution in [0.3, 0.4) is 0 Å². The number of carbonyl (C=O) groups excluding carboxylic acids is 2. The van der Waals surface area contributed by atoms with Crippen LogP contribution in [0, 0.1) is 5.92 Å². The maximum Gasteiger partial charge on any atom is 0.331 e. The molecule has 1 atom stereocenters. The summed E-state index contributed by atoms with van der Waals surface area (Å²) in [6, 6.07) is 0.289. The highest BCUT2D eigenvalue weighted by atomic mass is 35.5. The number of rotatable bonds is 6. The largest absolute Gasteiger partial charge is 0.467 e. The van der Waals surface area contributed by atoms with Gasteiger partial charge in [0.05, 0.1) is 13.2 Å². The molecule has 0 bridgehead atoms. The molecule has 10 heteroatoms. The molecule has 0 radical (unpaired) electrons. The van der Waals surface area contributed by atoms with Crippen molar-refractivity contribution in [2.24, 2.45) is 16.8 Å².